The highest BCUT2D eigenvalue weighted by Gasteiger charge is 2.48. The van der Waals surface area contributed by atoms with Crippen molar-refractivity contribution in [2.45, 2.75) is 103 Å². The monoisotopic (exact) mass is 361 g/mol. The van der Waals surface area contributed by atoms with Crippen LogP contribution < -0.4 is 5.73 Å². The molecular weight excluding hydrogens is 322 g/mol. The fourth-order valence-electron chi connectivity index (χ4n) is 5.17. The van der Waals surface area contributed by atoms with E-state index in [9.17, 15) is 4.79 Å². The minimum Gasteiger partial charge on any atom is -0.369 e. The number of amides is 1. The molecule has 2 N–H and O–H groups in total. The van der Waals surface area contributed by atoms with Crippen LogP contribution in [-0.2, 0) is 4.79 Å². The van der Waals surface area contributed by atoms with Crippen molar-refractivity contribution < 1.29 is 4.79 Å². The summed E-state index contributed by atoms with van der Waals surface area (Å²) in [6.45, 7) is 9.26. The number of hydrogen-bond donors (Lipinski definition) is 1. The van der Waals surface area contributed by atoms with Crippen LogP contribution in [-0.4, -0.2) is 14.7 Å². The maximum atomic E-state index is 13.0. The predicted molar refractivity (Wildman–Crippen MR) is 111 cm³/mol. The molecule has 2 nitrogen and oxygen atoms in total. The zero-order valence-electron chi connectivity index (χ0n) is 17.0. The fourth-order valence-corrected chi connectivity index (χ4v) is 7.76. The minimum atomic E-state index is -1.000. The Morgan fingerprint density at radius 1 is 1.04 bits per heavy atom. The number of hydrogen-bond acceptors (Lipinski definition) is 1. The number of primary amides is 1. The molecule has 3 heteroatoms. The third-order valence-corrected chi connectivity index (χ3v) is 9.32. The SMILES string of the molecule is CC1=C(C)CC(C2(C(N)=O)CCCCCCCCCCC2[SiH](C)C)=C1. The molecule has 0 aliphatic heterocycles. The lowest BCUT2D eigenvalue weighted by atomic mass is 9.69. The van der Waals surface area contributed by atoms with Gasteiger partial charge in [-0.3, -0.25) is 4.79 Å². The Hall–Kier alpha value is -0.833. The van der Waals surface area contributed by atoms with E-state index in [2.05, 4.69) is 33.0 Å². The van der Waals surface area contributed by atoms with E-state index in [1.54, 1.807) is 0 Å². The lowest BCUT2D eigenvalue weighted by Crippen LogP contribution is -2.46. The molecule has 2 unspecified atom stereocenters. The van der Waals surface area contributed by atoms with Crippen molar-refractivity contribution >= 4 is 14.7 Å². The molecule has 2 rings (SSSR count). The molecule has 0 radical (unpaired) electrons. The van der Waals surface area contributed by atoms with E-state index < -0.39 is 8.80 Å². The van der Waals surface area contributed by atoms with E-state index in [0.717, 1.165) is 19.3 Å². The molecular formula is C22H39NOSi. The highest BCUT2D eigenvalue weighted by molar-refractivity contribution is 6.58. The fraction of sp³-hybridized carbons (Fsp3) is 0.773. The lowest BCUT2D eigenvalue weighted by Gasteiger charge is -2.42. The smallest absolute Gasteiger partial charge is 0.227 e. The topological polar surface area (TPSA) is 43.1 Å². The van der Waals surface area contributed by atoms with Crippen molar-refractivity contribution in [2.24, 2.45) is 11.1 Å². The third kappa shape index (κ3) is 4.67. The summed E-state index contributed by atoms with van der Waals surface area (Å²) in [5.41, 5.74) is 10.5. The molecule has 2 aliphatic carbocycles. The number of carbonyl (C=O) groups excluding carboxylic acids is 1. The Bertz CT molecular complexity index is 534. The average Bonchev–Trinajstić information content (AvgIpc) is 2.86. The summed E-state index contributed by atoms with van der Waals surface area (Å²) >= 11 is 0. The number of allylic oxidation sites excluding steroid dienone is 3. The van der Waals surface area contributed by atoms with Crippen LogP contribution in [0.1, 0.15) is 84.5 Å². The maximum absolute atomic E-state index is 13.0. The molecule has 1 amide bonds. The standard InChI is InChI=1S/C22H39NOSi/c1-17-15-19(16-18(17)2)22(21(23)24)14-12-10-8-6-5-7-9-11-13-20(22)25(3)4/h15,20,25H,5-14,16H2,1-4H3,(H2,23,24). The highest BCUT2D eigenvalue weighted by Crippen LogP contribution is 2.52. The minimum absolute atomic E-state index is 0.0375. The molecule has 2 atom stereocenters. The van der Waals surface area contributed by atoms with Crippen molar-refractivity contribution in [1.82, 2.24) is 0 Å². The van der Waals surface area contributed by atoms with Gasteiger partial charge in [-0.1, -0.05) is 93.7 Å². The summed E-state index contributed by atoms with van der Waals surface area (Å²) in [4.78, 5) is 13.0. The van der Waals surface area contributed by atoms with Crippen LogP contribution >= 0.6 is 0 Å². The second kappa shape index (κ2) is 9.20. The van der Waals surface area contributed by atoms with Gasteiger partial charge in [0.05, 0.1) is 5.41 Å². The largest absolute Gasteiger partial charge is 0.369 e. The Morgan fingerprint density at radius 3 is 2.08 bits per heavy atom. The number of carbonyl (C=O) groups is 1. The van der Waals surface area contributed by atoms with Gasteiger partial charge in [-0.05, 0) is 32.2 Å². The van der Waals surface area contributed by atoms with Crippen LogP contribution in [0.2, 0.25) is 18.6 Å². The van der Waals surface area contributed by atoms with Crippen molar-refractivity contribution in [2.75, 3.05) is 0 Å². The van der Waals surface area contributed by atoms with Gasteiger partial charge in [-0.25, -0.2) is 0 Å². The van der Waals surface area contributed by atoms with Gasteiger partial charge in [0.25, 0.3) is 0 Å². The molecule has 0 aromatic rings. The Morgan fingerprint density at radius 2 is 1.60 bits per heavy atom. The van der Waals surface area contributed by atoms with Crippen molar-refractivity contribution in [1.29, 1.82) is 0 Å². The van der Waals surface area contributed by atoms with Gasteiger partial charge in [-0.2, -0.15) is 0 Å². The van der Waals surface area contributed by atoms with E-state index in [1.165, 1.54) is 68.1 Å². The first-order valence-corrected chi connectivity index (χ1v) is 13.5. The molecule has 0 spiro atoms. The second-order valence-electron chi connectivity index (χ2n) is 8.86. The van der Waals surface area contributed by atoms with E-state index >= 15 is 0 Å². The van der Waals surface area contributed by atoms with Crippen LogP contribution in [0.15, 0.2) is 22.8 Å². The van der Waals surface area contributed by atoms with Crippen LogP contribution in [0.3, 0.4) is 0 Å². The maximum Gasteiger partial charge on any atom is 0.227 e. The molecule has 0 aromatic heterocycles. The molecule has 25 heavy (non-hydrogen) atoms. The molecule has 0 bridgehead atoms. The first kappa shape index (κ1) is 20.5. The lowest BCUT2D eigenvalue weighted by molar-refractivity contribution is -0.126. The first-order chi connectivity index (χ1) is 11.9. The molecule has 142 valence electrons. The van der Waals surface area contributed by atoms with E-state index in [4.69, 9.17) is 5.73 Å². The predicted octanol–water partition coefficient (Wildman–Crippen LogP) is 5.90. The Balaban J connectivity index is 2.39. The summed E-state index contributed by atoms with van der Waals surface area (Å²) in [6.07, 6.45) is 15.9. The molecule has 0 heterocycles. The van der Waals surface area contributed by atoms with Gasteiger partial charge in [0.2, 0.25) is 5.91 Å². The average molecular weight is 362 g/mol. The van der Waals surface area contributed by atoms with Gasteiger partial charge >= 0.3 is 0 Å². The van der Waals surface area contributed by atoms with E-state index in [0.29, 0.717) is 5.54 Å². The summed E-state index contributed by atoms with van der Waals surface area (Å²) in [5.74, 6) is -0.0375. The number of rotatable bonds is 3. The molecule has 0 aromatic carbocycles. The van der Waals surface area contributed by atoms with Gasteiger partial charge in [0.1, 0.15) is 0 Å². The molecule has 1 fully saturated rings. The molecule has 1 saturated carbocycles. The zero-order valence-corrected chi connectivity index (χ0v) is 18.2. The van der Waals surface area contributed by atoms with Gasteiger partial charge in [0, 0.05) is 8.80 Å². The Kier molecular flexibility index (Phi) is 7.54. The third-order valence-electron chi connectivity index (χ3n) is 6.81. The quantitative estimate of drug-likeness (QED) is 0.625. The Labute approximate surface area is 156 Å². The summed E-state index contributed by atoms with van der Waals surface area (Å²) in [6, 6.07) is 0. The van der Waals surface area contributed by atoms with Gasteiger partial charge in [-0.15, -0.1) is 0 Å². The van der Waals surface area contributed by atoms with Crippen molar-refractivity contribution in [3.05, 3.63) is 22.8 Å². The molecule has 0 saturated heterocycles. The highest BCUT2D eigenvalue weighted by atomic mass is 28.3. The van der Waals surface area contributed by atoms with Crippen molar-refractivity contribution in [3.63, 3.8) is 0 Å². The summed E-state index contributed by atoms with van der Waals surface area (Å²) in [5, 5.41) is 0. The summed E-state index contributed by atoms with van der Waals surface area (Å²) < 4.78 is 0. The molecule has 2 aliphatic rings. The van der Waals surface area contributed by atoms with Gasteiger partial charge < -0.3 is 5.73 Å². The van der Waals surface area contributed by atoms with Crippen LogP contribution in [0.25, 0.3) is 0 Å². The van der Waals surface area contributed by atoms with E-state index in [-0.39, 0.29) is 11.3 Å². The van der Waals surface area contributed by atoms with Crippen LogP contribution in [0.5, 0.6) is 0 Å². The first-order valence-electron chi connectivity index (χ1n) is 10.6. The van der Waals surface area contributed by atoms with E-state index in [1.807, 2.05) is 0 Å². The second-order valence-corrected chi connectivity index (χ2v) is 12.2. The van der Waals surface area contributed by atoms with Crippen LogP contribution in [0, 0.1) is 5.41 Å². The van der Waals surface area contributed by atoms with Gasteiger partial charge in [0.15, 0.2) is 0 Å². The van der Waals surface area contributed by atoms with Crippen molar-refractivity contribution in [3.8, 4) is 0 Å². The summed E-state index contributed by atoms with van der Waals surface area (Å²) in [7, 11) is -1.000. The normalized spacial score (nSPS) is 30.0. The number of nitrogens with two attached hydrogens (primary N) is 1. The zero-order chi connectivity index (χ0) is 18.4. The van der Waals surface area contributed by atoms with Crippen LogP contribution in [0.4, 0.5) is 0 Å².